The van der Waals surface area contributed by atoms with E-state index in [1.165, 1.54) is 5.56 Å². The van der Waals surface area contributed by atoms with E-state index in [0.29, 0.717) is 5.82 Å². The number of nitrogens with one attached hydrogen (secondary N) is 1. The highest BCUT2D eigenvalue weighted by atomic mass is 16.2. The highest BCUT2D eigenvalue weighted by Gasteiger charge is 2.11. The molecule has 3 N–H and O–H groups in total. The predicted molar refractivity (Wildman–Crippen MR) is 75.3 cm³/mol. The first kappa shape index (κ1) is 13.3. The summed E-state index contributed by atoms with van der Waals surface area (Å²) in [6.45, 7) is 5.61. The van der Waals surface area contributed by atoms with Gasteiger partial charge in [-0.05, 0) is 32.9 Å². The Morgan fingerprint density at radius 1 is 1.32 bits per heavy atom. The number of rotatable bonds is 3. The fourth-order valence-corrected chi connectivity index (χ4v) is 1.72. The maximum atomic E-state index is 11.5. The second-order valence-electron chi connectivity index (χ2n) is 4.70. The first-order chi connectivity index (χ1) is 8.97. The average molecular weight is 258 g/mol. The van der Waals surface area contributed by atoms with Crippen molar-refractivity contribution in [3.05, 3.63) is 41.6 Å². The molecule has 0 aliphatic rings. The largest absolute Gasteiger partial charge is 0.320 e. The van der Waals surface area contributed by atoms with Gasteiger partial charge in [-0.2, -0.15) is 0 Å². The van der Waals surface area contributed by atoms with Crippen LogP contribution in [0.25, 0.3) is 5.69 Å². The van der Waals surface area contributed by atoms with Crippen LogP contribution in [0.5, 0.6) is 0 Å². The first-order valence-corrected chi connectivity index (χ1v) is 6.17. The molecule has 1 aromatic carbocycles. The number of hydrogen-bond donors (Lipinski definition) is 2. The maximum absolute atomic E-state index is 11.5. The van der Waals surface area contributed by atoms with Crippen LogP contribution >= 0.6 is 0 Å². The molecular weight excluding hydrogens is 240 g/mol. The lowest BCUT2D eigenvalue weighted by Gasteiger charge is -2.05. The van der Waals surface area contributed by atoms with Crippen LogP contribution in [0.1, 0.15) is 18.2 Å². The van der Waals surface area contributed by atoms with Gasteiger partial charge in [-0.25, -0.2) is 4.68 Å². The van der Waals surface area contributed by atoms with Gasteiger partial charge >= 0.3 is 0 Å². The Morgan fingerprint density at radius 3 is 2.53 bits per heavy atom. The van der Waals surface area contributed by atoms with Gasteiger partial charge in [0.2, 0.25) is 5.91 Å². The Morgan fingerprint density at radius 2 is 1.95 bits per heavy atom. The molecule has 0 saturated heterocycles. The van der Waals surface area contributed by atoms with Gasteiger partial charge in [-0.15, -0.1) is 5.10 Å². The zero-order valence-corrected chi connectivity index (χ0v) is 11.3. The summed E-state index contributed by atoms with van der Waals surface area (Å²) in [5, 5.41) is 7.05. The lowest BCUT2D eigenvalue weighted by Crippen LogP contribution is -2.32. The van der Waals surface area contributed by atoms with Crippen molar-refractivity contribution in [3.8, 4) is 5.69 Å². The third-order valence-corrected chi connectivity index (χ3v) is 2.83. The molecule has 0 aliphatic carbocycles. The van der Waals surface area contributed by atoms with E-state index in [0.717, 1.165) is 11.4 Å². The molecule has 0 bridgehead atoms. The lowest BCUT2D eigenvalue weighted by molar-refractivity contribution is -0.117. The molecule has 0 radical (unpaired) electrons. The van der Waals surface area contributed by atoms with Crippen LogP contribution in [0.3, 0.4) is 0 Å². The summed E-state index contributed by atoms with van der Waals surface area (Å²) in [4.78, 5) is 11.5. The molecule has 1 amide bonds. The van der Waals surface area contributed by atoms with Gasteiger partial charge in [0, 0.05) is 11.8 Å². The summed E-state index contributed by atoms with van der Waals surface area (Å²) in [6.07, 6.45) is 0. The van der Waals surface area contributed by atoms with Gasteiger partial charge in [-0.3, -0.25) is 4.79 Å². The van der Waals surface area contributed by atoms with E-state index in [1.807, 2.05) is 44.2 Å². The van der Waals surface area contributed by atoms with Crippen LogP contribution in [0.4, 0.5) is 5.82 Å². The lowest BCUT2D eigenvalue weighted by atomic mass is 10.2. The van der Waals surface area contributed by atoms with E-state index < -0.39 is 6.04 Å². The van der Waals surface area contributed by atoms with Gasteiger partial charge in [0.1, 0.15) is 0 Å². The number of carbonyl (C=O) groups is 1. The zero-order chi connectivity index (χ0) is 14.0. The predicted octanol–water partition coefficient (Wildman–Crippen LogP) is 1.77. The molecule has 2 rings (SSSR count). The van der Waals surface area contributed by atoms with Gasteiger partial charge in [0.05, 0.1) is 11.7 Å². The van der Waals surface area contributed by atoms with Crippen molar-refractivity contribution in [2.24, 2.45) is 5.73 Å². The Balaban J connectivity index is 2.26. The van der Waals surface area contributed by atoms with Crippen LogP contribution in [-0.4, -0.2) is 21.7 Å². The van der Waals surface area contributed by atoms with Crippen molar-refractivity contribution in [1.82, 2.24) is 9.78 Å². The maximum Gasteiger partial charge on any atom is 0.242 e. The number of amides is 1. The normalized spacial score (nSPS) is 12.2. The average Bonchev–Trinajstić information content (AvgIpc) is 2.71. The SMILES string of the molecule is Cc1ccc(-n2nc(NC(=O)C(C)N)cc2C)cc1. The molecule has 0 saturated carbocycles. The molecule has 1 atom stereocenters. The van der Waals surface area contributed by atoms with Crippen LogP contribution < -0.4 is 11.1 Å². The molecule has 1 aromatic heterocycles. The molecule has 19 heavy (non-hydrogen) atoms. The quantitative estimate of drug-likeness (QED) is 0.881. The number of benzene rings is 1. The summed E-state index contributed by atoms with van der Waals surface area (Å²) in [7, 11) is 0. The number of nitrogens with zero attached hydrogens (tertiary/aromatic N) is 2. The molecule has 1 heterocycles. The van der Waals surface area contributed by atoms with Crippen molar-refractivity contribution >= 4 is 11.7 Å². The third kappa shape index (κ3) is 3.00. The monoisotopic (exact) mass is 258 g/mol. The molecular formula is C14H18N4O. The van der Waals surface area contributed by atoms with Gasteiger partial charge in [0.15, 0.2) is 5.82 Å². The molecule has 0 spiro atoms. The Kier molecular flexibility index (Phi) is 3.66. The fourth-order valence-electron chi connectivity index (χ4n) is 1.72. The van der Waals surface area contributed by atoms with E-state index >= 15 is 0 Å². The third-order valence-electron chi connectivity index (χ3n) is 2.83. The highest BCUT2D eigenvalue weighted by Crippen LogP contribution is 2.15. The molecule has 5 nitrogen and oxygen atoms in total. The van der Waals surface area contributed by atoms with E-state index in [-0.39, 0.29) is 5.91 Å². The highest BCUT2D eigenvalue weighted by molar-refractivity contribution is 5.93. The van der Waals surface area contributed by atoms with E-state index in [9.17, 15) is 4.79 Å². The smallest absolute Gasteiger partial charge is 0.242 e. The van der Waals surface area contributed by atoms with E-state index in [1.54, 1.807) is 11.6 Å². The summed E-state index contributed by atoms with van der Waals surface area (Å²) in [6, 6.07) is 9.30. The number of aryl methyl sites for hydroxylation is 2. The summed E-state index contributed by atoms with van der Waals surface area (Å²) < 4.78 is 1.79. The van der Waals surface area contributed by atoms with Gasteiger partial charge < -0.3 is 11.1 Å². The molecule has 1 unspecified atom stereocenters. The van der Waals surface area contributed by atoms with Crippen molar-refractivity contribution in [2.45, 2.75) is 26.8 Å². The molecule has 100 valence electrons. The van der Waals surface area contributed by atoms with Crippen LogP contribution in [0, 0.1) is 13.8 Å². The fraction of sp³-hybridized carbons (Fsp3) is 0.286. The number of carbonyl (C=O) groups excluding carboxylic acids is 1. The Bertz CT molecular complexity index is 584. The minimum Gasteiger partial charge on any atom is -0.320 e. The first-order valence-electron chi connectivity index (χ1n) is 6.17. The molecule has 0 fully saturated rings. The van der Waals surface area contributed by atoms with Gasteiger partial charge in [-0.1, -0.05) is 17.7 Å². The van der Waals surface area contributed by atoms with E-state index in [2.05, 4.69) is 10.4 Å². The van der Waals surface area contributed by atoms with Crippen LogP contribution in [0.2, 0.25) is 0 Å². The number of hydrogen-bond acceptors (Lipinski definition) is 3. The van der Waals surface area contributed by atoms with Crippen molar-refractivity contribution < 1.29 is 4.79 Å². The van der Waals surface area contributed by atoms with Crippen molar-refractivity contribution in [3.63, 3.8) is 0 Å². The van der Waals surface area contributed by atoms with Crippen molar-refractivity contribution in [1.29, 1.82) is 0 Å². The molecule has 0 aliphatic heterocycles. The van der Waals surface area contributed by atoms with Crippen molar-refractivity contribution in [2.75, 3.05) is 5.32 Å². The standard InChI is InChI=1S/C14H18N4O/c1-9-4-6-12(7-5-9)18-10(2)8-13(17-18)16-14(19)11(3)15/h4-8,11H,15H2,1-3H3,(H,16,17,19). The minimum absolute atomic E-state index is 0.242. The Hall–Kier alpha value is -2.14. The summed E-state index contributed by atoms with van der Waals surface area (Å²) in [5.41, 5.74) is 8.61. The topological polar surface area (TPSA) is 72.9 Å². The second kappa shape index (κ2) is 5.24. The number of nitrogens with two attached hydrogens (primary N) is 1. The van der Waals surface area contributed by atoms with Crippen LogP contribution in [-0.2, 0) is 4.79 Å². The summed E-state index contributed by atoms with van der Waals surface area (Å²) >= 11 is 0. The molecule has 5 heteroatoms. The number of aromatic nitrogens is 2. The minimum atomic E-state index is -0.551. The van der Waals surface area contributed by atoms with E-state index in [4.69, 9.17) is 5.73 Å². The van der Waals surface area contributed by atoms with Gasteiger partial charge in [0.25, 0.3) is 0 Å². The zero-order valence-electron chi connectivity index (χ0n) is 11.3. The summed E-state index contributed by atoms with van der Waals surface area (Å²) in [5.74, 6) is 0.272. The second-order valence-corrected chi connectivity index (χ2v) is 4.70. The molecule has 2 aromatic rings. The number of anilines is 1. The Labute approximate surface area is 112 Å². The van der Waals surface area contributed by atoms with Crippen LogP contribution in [0.15, 0.2) is 30.3 Å².